The molecule has 0 fully saturated rings. The van der Waals surface area contributed by atoms with E-state index in [1.54, 1.807) is 17.4 Å². The van der Waals surface area contributed by atoms with Crippen LogP contribution in [-0.2, 0) is 12.0 Å². The van der Waals surface area contributed by atoms with E-state index in [-0.39, 0.29) is 11.2 Å². The van der Waals surface area contributed by atoms with E-state index in [1.807, 2.05) is 12.1 Å². The van der Waals surface area contributed by atoms with Gasteiger partial charge in [-0.2, -0.15) is 0 Å². The van der Waals surface area contributed by atoms with Gasteiger partial charge in [-0.3, -0.25) is 0 Å². The van der Waals surface area contributed by atoms with Crippen LogP contribution in [0.1, 0.15) is 24.3 Å². The Balaban J connectivity index is 1.91. The summed E-state index contributed by atoms with van der Waals surface area (Å²) < 4.78 is 0.740. The molecule has 1 aromatic heterocycles. The van der Waals surface area contributed by atoms with Crippen LogP contribution in [0.5, 0.6) is 5.75 Å². The topological polar surface area (TPSA) is 32.3 Å². The van der Waals surface area contributed by atoms with Gasteiger partial charge in [-0.25, -0.2) is 0 Å². The Bertz CT molecular complexity index is 537. The fourth-order valence-electron chi connectivity index (χ4n) is 1.93. The highest BCUT2D eigenvalue weighted by Gasteiger charge is 2.20. The average molecular weight is 340 g/mol. The first kappa shape index (κ1) is 14.6. The number of aromatic hydroxyl groups is 1. The molecule has 0 saturated heterocycles. The van der Waals surface area contributed by atoms with E-state index in [0.29, 0.717) is 0 Å². The molecule has 0 saturated carbocycles. The Morgan fingerprint density at radius 1 is 1.32 bits per heavy atom. The minimum atomic E-state index is 0.141. The van der Waals surface area contributed by atoms with Crippen molar-refractivity contribution in [2.45, 2.75) is 25.8 Å². The third kappa shape index (κ3) is 3.81. The summed E-state index contributed by atoms with van der Waals surface area (Å²) in [6, 6.07) is 9.87. The summed E-state index contributed by atoms with van der Waals surface area (Å²) in [6.07, 6.45) is 0. The quantitative estimate of drug-likeness (QED) is 0.851. The van der Waals surface area contributed by atoms with Crippen LogP contribution in [-0.4, -0.2) is 11.7 Å². The zero-order chi connectivity index (χ0) is 13.9. The van der Waals surface area contributed by atoms with Gasteiger partial charge in [0, 0.05) is 23.4 Å². The number of benzene rings is 1. The average Bonchev–Trinajstić information content (AvgIpc) is 2.88. The third-order valence-electron chi connectivity index (χ3n) is 3.10. The molecule has 0 atom stereocenters. The smallest absolute Gasteiger partial charge is 0.129 e. The van der Waals surface area contributed by atoms with Crippen molar-refractivity contribution in [1.29, 1.82) is 0 Å². The molecule has 1 aromatic carbocycles. The molecule has 1 heterocycles. The zero-order valence-corrected chi connectivity index (χ0v) is 13.5. The fraction of sp³-hybridized carbons (Fsp3) is 0.333. The van der Waals surface area contributed by atoms with Crippen molar-refractivity contribution in [3.8, 4) is 5.75 Å². The van der Waals surface area contributed by atoms with Crippen LogP contribution in [0.3, 0.4) is 0 Å². The summed E-state index contributed by atoms with van der Waals surface area (Å²) in [6.45, 7) is 6.22. The monoisotopic (exact) mass is 339 g/mol. The van der Waals surface area contributed by atoms with Crippen LogP contribution in [0.4, 0.5) is 0 Å². The molecule has 4 heteroatoms. The molecule has 19 heavy (non-hydrogen) atoms. The van der Waals surface area contributed by atoms with Crippen molar-refractivity contribution >= 4 is 27.3 Å². The molecule has 2 nitrogen and oxygen atoms in total. The number of phenolic OH excluding ortho intramolecular Hbond substituents is 1. The van der Waals surface area contributed by atoms with Gasteiger partial charge in [0.05, 0.1) is 4.47 Å². The zero-order valence-electron chi connectivity index (χ0n) is 11.1. The molecular formula is C15H18BrNOS. The number of phenols is 1. The van der Waals surface area contributed by atoms with E-state index >= 15 is 0 Å². The van der Waals surface area contributed by atoms with Crippen LogP contribution in [0.25, 0.3) is 0 Å². The lowest BCUT2D eigenvalue weighted by Gasteiger charge is -2.23. The van der Waals surface area contributed by atoms with Gasteiger partial charge in [-0.15, -0.1) is 11.3 Å². The van der Waals surface area contributed by atoms with Crippen LogP contribution < -0.4 is 5.32 Å². The molecule has 0 aliphatic heterocycles. The Morgan fingerprint density at radius 3 is 2.74 bits per heavy atom. The van der Waals surface area contributed by atoms with Crippen molar-refractivity contribution in [1.82, 2.24) is 5.32 Å². The van der Waals surface area contributed by atoms with E-state index < -0.39 is 0 Å². The Hall–Kier alpha value is -0.840. The van der Waals surface area contributed by atoms with Gasteiger partial charge in [0.25, 0.3) is 0 Å². The van der Waals surface area contributed by atoms with Gasteiger partial charge >= 0.3 is 0 Å². The molecule has 102 valence electrons. The maximum atomic E-state index is 9.46. The van der Waals surface area contributed by atoms with E-state index in [0.717, 1.165) is 23.1 Å². The van der Waals surface area contributed by atoms with E-state index in [9.17, 15) is 5.11 Å². The second kappa shape index (κ2) is 6.07. The first-order valence-corrected chi connectivity index (χ1v) is 7.88. The van der Waals surface area contributed by atoms with Crippen LogP contribution in [0.2, 0.25) is 0 Å². The van der Waals surface area contributed by atoms with Gasteiger partial charge in [0.1, 0.15) is 5.75 Å². The van der Waals surface area contributed by atoms with Crippen LogP contribution >= 0.6 is 27.3 Å². The van der Waals surface area contributed by atoms with Crippen LogP contribution in [0.15, 0.2) is 40.2 Å². The Kier molecular flexibility index (Phi) is 4.66. The first-order chi connectivity index (χ1) is 8.99. The largest absolute Gasteiger partial charge is 0.507 e. The summed E-state index contributed by atoms with van der Waals surface area (Å²) in [5.74, 6) is 0.280. The first-order valence-electron chi connectivity index (χ1n) is 6.21. The number of thiophene rings is 1. The van der Waals surface area contributed by atoms with E-state index in [4.69, 9.17) is 0 Å². The summed E-state index contributed by atoms with van der Waals surface area (Å²) in [5.41, 5.74) is 1.30. The highest BCUT2D eigenvalue weighted by molar-refractivity contribution is 9.10. The number of halogens is 1. The standard InChI is InChI=1S/C15H18BrNOS/c1-15(2,14-4-3-7-19-14)10-17-9-11-5-6-13(18)12(16)8-11/h3-8,17-18H,9-10H2,1-2H3. The van der Waals surface area contributed by atoms with Gasteiger partial charge in [-0.1, -0.05) is 26.0 Å². The Labute approximate surface area is 126 Å². The van der Waals surface area contributed by atoms with Crippen molar-refractivity contribution in [3.63, 3.8) is 0 Å². The predicted octanol–water partition coefficient (Wildman–Crippen LogP) is 4.28. The minimum Gasteiger partial charge on any atom is -0.507 e. The summed E-state index contributed by atoms with van der Waals surface area (Å²) in [7, 11) is 0. The maximum absolute atomic E-state index is 9.46. The lowest BCUT2D eigenvalue weighted by molar-refractivity contribution is 0.468. The molecule has 0 aliphatic rings. The SMILES string of the molecule is CC(C)(CNCc1ccc(O)c(Br)c1)c1cccs1. The summed E-state index contributed by atoms with van der Waals surface area (Å²) >= 11 is 5.13. The minimum absolute atomic E-state index is 0.141. The number of rotatable bonds is 5. The maximum Gasteiger partial charge on any atom is 0.129 e. The normalized spacial score (nSPS) is 11.7. The number of nitrogens with one attached hydrogen (secondary N) is 1. The highest BCUT2D eigenvalue weighted by Crippen LogP contribution is 2.27. The van der Waals surface area contributed by atoms with Gasteiger partial charge in [0.15, 0.2) is 0 Å². The molecular weight excluding hydrogens is 322 g/mol. The van der Waals surface area contributed by atoms with E-state index in [2.05, 4.69) is 52.6 Å². The van der Waals surface area contributed by atoms with Gasteiger partial charge in [0.2, 0.25) is 0 Å². The van der Waals surface area contributed by atoms with Crippen molar-refractivity contribution in [2.75, 3.05) is 6.54 Å². The molecule has 0 amide bonds. The molecule has 0 bridgehead atoms. The lowest BCUT2D eigenvalue weighted by Crippen LogP contribution is -2.31. The molecule has 0 radical (unpaired) electrons. The molecule has 2 rings (SSSR count). The molecule has 0 aliphatic carbocycles. The Morgan fingerprint density at radius 2 is 2.11 bits per heavy atom. The van der Waals surface area contributed by atoms with Gasteiger partial charge < -0.3 is 10.4 Å². The number of hydrogen-bond acceptors (Lipinski definition) is 3. The van der Waals surface area contributed by atoms with Crippen LogP contribution in [0, 0.1) is 0 Å². The van der Waals surface area contributed by atoms with E-state index in [1.165, 1.54) is 4.88 Å². The fourth-order valence-corrected chi connectivity index (χ4v) is 3.21. The lowest BCUT2D eigenvalue weighted by atomic mass is 9.91. The van der Waals surface area contributed by atoms with Crippen molar-refractivity contribution in [2.24, 2.45) is 0 Å². The molecule has 0 unspecified atom stereocenters. The van der Waals surface area contributed by atoms with Crippen molar-refractivity contribution < 1.29 is 5.11 Å². The molecule has 2 aromatic rings. The molecule has 0 spiro atoms. The second-order valence-electron chi connectivity index (χ2n) is 5.25. The number of hydrogen-bond donors (Lipinski definition) is 2. The second-order valence-corrected chi connectivity index (χ2v) is 7.05. The van der Waals surface area contributed by atoms with Gasteiger partial charge in [-0.05, 0) is 45.1 Å². The predicted molar refractivity (Wildman–Crippen MR) is 84.9 cm³/mol. The molecule has 2 N–H and O–H groups in total. The summed E-state index contributed by atoms with van der Waals surface area (Å²) in [5, 5.41) is 15.1. The third-order valence-corrected chi connectivity index (χ3v) is 4.97. The highest BCUT2D eigenvalue weighted by atomic mass is 79.9. The summed E-state index contributed by atoms with van der Waals surface area (Å²) in [4.78, 5) is 1.40. The van der Waals surface area contributed by atoms with Crippen molar-refractivity contribution in [3.05, 3.63) is 50.6 Å².